The summed E-state index contributed by atoms with van der Waals surface area (Å²) in [5.74, 6) is -0.545. The molecule has 29 heavy (non-hydrogen) atoms. The summed E-state index contributed by atoms with van der Waals surface area (Å²) in [4.78, 5) is 17.4. The Bertz CT molecular complexity index is 804. The Morgan fingerprint density at radius 3 is 2.38 bits per heavy atom. The first-order valence-electron chi connectivity index (χ1n) is 9.84. The van der Waals surface area contributed by atoms with Crippen molar-refractivity contribution in [3.05, 3.63) is 71.5 Å². The van der Waals surface area contributed by atoms with Gasteiger partial charge in [0, 0.05) is 12.5 Å². The lowest BCUT2D eigenvalue weighted by molar-refractivity contribution is -0.182. The number of hydrogen-bond acceptors (Lipinski definition) is 5. The first-order valence-corrected chi connectivity index (χ1v) is 9.84. The molecule has 0 bridgehead atoms. The van der Waals surface area contributed by atoms with E-state index in [1.807, 2.05) is 30.3 Å². The summed E-state index contributed by atoms with van der Waals surface area (Å²) in [6, 6.07) is 16.2. The van der Waals surface area contributed by atoms with E-state index in [9.17, 15) is 14.3 Å². The molecule has 1 heterocycles. The molecule has 1 saturated heterocycles. The summed E-state index contributed by atoms with van der Waals surface area (Å²) < 4.78 is 18.6. The Morgan fingerprint density at radius 1 is 1.10 bits per heavy atom. The standard InChI is InChI=1S/C23H28FNO4/c1-23(2,3)28-22(27)29-25-14-18(13-16-7-5-4-6-8-16)21(20(26)15-25)17-9-11-19(24)12-10-17/h4-12,18,20-21,26H,13-15H2,1-3H3. The fourth-order valence-electron chi connectivity index (χ4n) is 3.82. The SMILES string of the molecule is CC(C)(C)OC(=O)ON1CC(O)C(c2ccc(F)cc2)C(Cc2ccccc2)C1. The topological polar surface area (TPSA) is 59.0 Å². The highest BCUT2D eigenvalue weighted by atomic mass is 19.1. The number of piperidine rings is 1. The van der Waals surface area contributed by atoms with Gasteiger partial charge in [-0.05, 0) is 56.4 Å². The third-order valence-corrected chi connectivity index (χ3v) is 4.94. The van der Waals surface area contributed by atoms with Gasteiger partial charge in [0.15, 0.2) is 0 Å². The number of hydrogen-bond donors (Lipinski definition) is 1. The second kappa shape index (κ2) is 8.93. The van der Waals surface area contributed by atoms with Crippen LogP contribution in [-0.4, -0.2) is 41.1 Å². The van der Waals surface area contributed by atoms with Gasteiger partial charge in [-0.3, -0.25) is 0 Å². The Hall–Kier alpha value is -2.44. The molecule has 0 spiro atoms. The van der Waals surface area contributed by atoms with Crippen molar-refractivity contribution in [2.45, 2.75) is 44.8 Å². The average Bonchev–Trinajstić information content (AvgIpc) is 2.62. The molecule has 0 radical (unpaired) electrons. The third kappa shape index (κ3) is 6.02. The van der Waals surface area contributed by atoms with Crippen molar-refractivity contribution in [3.63, 3.8) is 0 Å². The fraction of sp³-hybridized carbons (Fsp3) is 0.435. The maximum absolute atomic E-state index is 13.4. The number of rotatable bonds is 4. The number of β-amino-alcohol motifs (C(OH)–C–C–N with tert-alkyl or cyclic N) is 1. The van der Waals surface area contributed by atoms with Gasteiger partial charge in [-0.25, -0.2) is 9.18 Å². The normalized spacial score (nSPS) is 22.9. The van der Waals surface area contributed by atoms with Crippen LogP contribution in [0.25, 0.3) is 0 Å². The number of benzene rings is 2. The largest absolute Gasteiger partial charge is 0.528 e. The Labute approximate surface area is 171 Å². The Kier molecular flexibility index (Phi) is 6.55. The predicted molar refractivity (Wildman–Crippen MR) is 108 cm³/mol. The Balaban J connectivity index is 1.79. The van der Waals surface area contributed by atoms with E-state index in [-0.39, 0.29) is 24.2 Å². The maximum atomic E-state index is 13.4. The zero-order valence-electron chi connectivity index (χ0n) is 17.0. The molecule has 3 atom stereocenters. The van der Waals surface area contributed by atoms with Gasteiger partial charge in [0.05, 0.1) is 12.6 Å². The van der Waals surface area contributed by atoms with Crippen LogP contribution in [0.4, 0.5) is 9.18 Å². The molecule has 0 saturated carbocycles. The summed E-state index contributed by atoms with van der Waals surface area (Å²) in [6.07, 6.45) is -0.873. The fourth-order valence-corrected chi connectivity index (χ4v) is 3.82. The first kappa shape index (κ1) is 21.3. The van der Waals surface area contributed by atoms with Gasteiger partial charge in [0.25, 0.3) is 0 Å². The highest BCUT2D eigenvalue weighted by Crippen LogP contribution is 2.36. The molecule has 6 heteroatoms. The minimum atomic E-state index is -0.789. The predicted octanol–water partition coefficient (Wildman–Crippen LogP) is 4.31. The van der Waals surface area contributed by atoms with E-state index in [0.717, 1.165) is 11.1 Å². The molecular formula is C23H28FNO4. The monoisotopic (exact) mass is 401 g/mol. The van der Waals surface area contributed by atoms with Crippen LogP contribution in [0.2, 0.25) is 0 Å². The van der Waals surface area contributed by atoms with Crippen LogP contribution in [0.5, 0.6) is 0 Å². The molecule has 0 aliphatic carbocycles. The zero-order chi connectivity index (χ0) is 21.0. The van der Waals surface area contributed by atoms with Gasteiger partial charge in [-0.2, -0.15) is 0 Å². The second-order valence-electron chi connectivity index (χ2n) is 8.50. The molecule has 0 aromatic heterocycles. The number of aliphatic hydroxyl groups excluding tert-OH is 1. The van der Waals surface area contributed by atoms with E-state index in [1.54, 1.807) is 32.9 Å². The summed E-state index contributed by atoms with van der Waals surface area (Å²) in [7, 11) is 0. The summed E-state index contributed by atoms with van der Waals surface area (Å²) in [6.45, 7) is 5.89. The average molecular weight is 401 g/mol. The first-order chi connectivity index (χ1) is 13.7. The van der Waals surface area contributed by atoms with Gasteiger partial charge >= 0.3 is 6.16 Å². The molecule has 2 aromatic rings. The van der Waals surface area contributed by atoms with Crippen molar-refractivity contribution in [1.29, 1.82) is 0 Å². The van der Waals surface area contributed by atoms with Crippen molar-refractivity contribution in [2.24, 2.45) is 5.92 Å². The van der Waals surface area contributed by atoms with E-state index >= 15 is 0 Å². The van der Waals surface area contributed by atoms with Crippen LogP contribution in [0, 0.1) is 11.7 Å². The van der Waals surface area contributed by atoms with Gasteiger partial charge in [-0.15, -0.1) is 5.06 Å². The van der Waals surface area contributed by atoms with Crippen LogP contribution >= 0.6 is 0 Å². The van der Waals surface area contributed by atoms with Gasteiger partial charge in [0.2, 0.25) is 0 Å². The molecular weight excluding hydrogens is 373 g/mol. The zero-order valence-corrected chi connectivity index (χ0v) is 17.0. The van der Waals surface area contributed by atoms with Crippen molar-refractivity contribution in [1.82, 2.24) is 5.06 Å². The van der Waals surface area contributed by atoms with Crippen LogP contribution < -0.4 is 0 Å². The smallest absolute Gasteiger partial charge is 0.427 e. The van der Waals surface area contributed by atoms with E-state index in [0.29, 0.717) is 13.0 Å². The van der Waals surface area contributed by atoms with Crippen LogP contribution in [0.1, 0.15) is 37.8 Å². The second-order valence-corrected chi connectivity index (χ2v) is 8.50. The van der Waals surface area contributed by atoms with Crippen molar-refractivity contribution < 1.29 is 23.9 Å². The van der Waals surface area contributed by atoms with Crippen molar-refractivity contribution in [3.8, 4) is 0 Å². The van der Waals surface area contributed by atoms with Crippen molar-refractivity contribution >= 4 is 6.16 Å². The lowest BCUT2D eigenvalue weighted by Gasteiger charge is -2.41. The number of carbonyl (C=O) groups excluding carboxylic acids is 1. The van der Waals surface area contributed by atoms with E-state index in [1.165, 1.54) is 17.2 Å². The molecule has 1 aliphatic rings. The lowest BCUT2D eigenvalue weighted by Crippen LogP contribution is -2.49. The maximum Gasteiger partial charge on any atom is 0.528 e. The summed E-state index contributed by atoms with van der Waals surface area (Å²) in [5.41, 5.74) is 1.33. The van der Waals surface area contributed by atoms with Gasteiger partial charge in [-0.1, -0.05) is 42.5 Å². The van der Waals surface area contributed by atoms with Crippen LogP contribution in [0.15, 0.2) is 54.6 Å². The Morgan fingerprint density at radius 2 is 1.76 bits per heavy atom. The number of halogens is 1. The van der Waals surface area contributed by atoms with E-state index in [2.05, 4.69) is 0 Å². The number of hydroxylamine groups is 2. The molecule has 5 nitrogen and oxygen atoms in total. The summed E-state index contributed by atoms with van der Waals surface area (Å²) in [5, 5.41) is 12.4. The minimum Gasteiger partial charge on any atom is -0.427 e. The molecule has 3 unspecified atom stereocenters. The number of nitrogens with zero attached hydrogens (tertiary/aromatic N) is 1. The highest BCUT2D eigenvalue weighted by Gasteiger charge is 2.39. The van der Waals surface area contributed by atoms with Crippen LogP contribution in [0.3, 0.4) is 0 Å². The molecule has 1 aliphatic heterocycles. The minimum absolute atomic E-state index is 0.0333. The van der Waals surface area contributed by atoms with Crippen LogP contribution in [-0.2, 0) is 16.0 Å². The number of ether oxygens (including phenoxy) is 1. The molecule has 1 fully saturated rings. The van der Waals surface area contributed by atoms with Gasteiger partial charge in [0.1, 0.15) is 11.4 Å². The number of carbonyl (C=O) groups is 1. The lowest BCUT2D eigenvalue weighted by atomic mass is 9.76. The van der Waals surface area contributed by atoms with E-state index in [4.69, 9.17) is 9.57 Å². The quantitative estimate of drug-likeness (QED) is 0.774. The molecule has 3 rings (SSSR count). The van der Waals surface area contributed by atoms with Gasteiger partial charge < -0.3 is 14.7 Å². The van der Waals surface area contributed by atoms with E-state index < -0.39 is 17.9 Å². The number of aliphatic hydroxyl groups is 1. The molecule has 2 aromatic carbocycles. The summed E-state index contributed by atoms with van der Waals surface area (Å²) >= 11 is 0. The molecule has 156 valence electrons. The molecule has 0 amide bonds. The third-order valence-electron chi connectivity index (χ3n) is 4.94. The molecule has 1 N–H and O–H groups in total. The van der Waals surface area contributed by atoms with Crippen molar-refractivity contribution in [2.75, 3.05) is 13.1 Å². The highest BCUT2D eigenvalue weighted by molar-refractivity contribution is 5.60.